The fourth-order valence-corrected chi connectivity index (χ4v) is 4.37. The fraction of sp³-hybridized carbons (Fsp3) is 0.154. The van der Waals surface area contributed by atoms with Gasteiger partial charge in [-0.15, -0.1) is 0 Å². The highest BCUT2D eigenvalue weighted by Gasteiger charge is 2.45. The van der Waals surface area contributed by atoms with Gasteiger partial charge in [0, 0.05) is 17.1 Å². The first-order chi connectivity index (χ1) is 16.3. The number of carbonyl (C=O) groups excluding carboxylic acids is 2. The van der Waals surface area contributed by atoms with E-state index in [0.717, 1.165) is 5.56 Å². The van der Waals surface area contributed by atoms with Crippen LogP contribution < -0.4 is 4.74 Å². The molecule has 3 aromatic carbocycles. The summed E-state index contributed by atoms with van der Waals surface area (Å²) < 4.78 is 5.15. The van der Waals surface area contributed by atoms with Gasteiger partial charge in [-0.3, -0.25) is 9.59 Å². The number of ketones is 1. The van der Waals surface area contributed by atoms with E-state index in [1.54, 1.807) is 36.4 Å². The van der Waals surface area contributed by atoms with Crippen molar-refractivity contribution in [2.45, 2.75) is 12.5 Å². The number of phenolic OH excluding ortho intramolecular Hbond substituents is 1. The summed E-state index contributed by atoms with van der Waals surface area (Å²) in [6, 6.07) is 17.2. The molecule has 4 rings (SSSR count). The number of aliphatic hydroxyl groups excluding tert-OH is 1. The molecule has 1 unspecified atom stereocenters. The molecule has 1 fully saturated rings. The Kier molecular flexibility index (Phi) is 6.82. The van der Waals surface area contributed by atoms with Crippen molar-refractivity contribution < 1.29 is 24.5 Å². The molecule has 3 aromatic rings. The van der Waals surface area contributed by atoms with E-state index in [1.165, 1.54) is 30.2 Å². The number of halogens is 2. The number of ether oxygens (including phenoxy) is 1. The van der Waals surface area contributed by atoms with Gasteiger partial charge in [0.15, 0.2) is 0 Å². The van der Waals surface area contributed by atoms with Crippen LogP contribution in [0.3, 0.4) is 0 Å². The summed E-state index contributed by atoms with van der Waals surface area (Å²) in [4.78, 5) is 27.6. The second-order valence-corrected chi connectivity index (χ2v) is 8.65. The molecule has 8 heteroatoms. The summed E-state index contributed by atoms with van der Waals surface area (Å²) in [6.45, 7) is 0.234. The number of Topliss-reactive ketones (excluding diaryl/α,β-unsaturated/α-hetero) is 1. The number of hydrogen-bond acceptors (Lipinski definition) is 5. The Morgan fingerprint density at radius 3 is 2.29 bits per heavy atom. The summed E-state index contributed by atoms with van der Waals surface area (Å²) in [5.74, 6) is -1.39. The topological polar surface area (TPSA) is 87.1 Å². The van der Waals surface area contributed by atoms with Gasteiger partial charge in [-0.2, -0.15) is 0 Å². The highest BCUT2D eigenvalue weighted by Crippen LogP contribution is 2.40. The van der Waals surface area contributed by atoms with Gasteiger partial charge in [-0.1, -0.05) is 47.5 Å². The van der Waals surface area contributed by atoms with E-state index >= 15 is 0 Å². The molecule has 0 bridgehead atoms. The number of aliphatic hydroxyl groups is 1. The van der Waals surface area contributed by atoms with Gasteiger partial charge in [0.1, 0.15) is 17.3 Å². The zero-order chi connectivity index (χ0) is 24.4. The number of nitrogens with zero attached hydrogens (tertiary/aromatic N) is 1. The number of benzene rings is 3. The van der Waals surface area contributed by atoms with E-state index in [-0.39, 0.29) is 34.2 Å². The summed E-state index contributed by atoms with van der Waals surface area (Å²) >= 11 is 12.2. The molecular formula is C26H21Cl2NO5. The average Bonchev–Trinajstić information content (AvgIpc) is 3.08. The SMILES string of the molecule is COc1ccc(/C(O)=C2/C(=O)C(=O)N(CCc3ccc(Cl)cc3)C2c2ccc(O)cc2)cc1Cl. The molecule has 0 radical (unpaired) electrons. The number of likely N-dealkylation sites (tertiary alicyclic amines) is 1. The van der Waals surface area contributed by atoms with Crippen molar-refractivity contribution in [3.8, 4) is 11.5 Å². The van der Waals surface area contributed by atoms with Crippen LogP contribution in [0.5, 0.6) is 11.5 Å². The molecule has 0 aromatic heterocycles. The predicted molar refractivity (Wildman–Crippen MR) is 130 cm³/mol. The minimum Gasteiger partial charge on any atom is -0.508 e. The van der Waals surface area contributed by atoms with Crippen molar-refractivity contribution in [1.82, 2.24) is 4.90 Å². The van der Waals surface area contributed by atoms with Crippen molar-refractivity contribution >= 4 is 40.7 Å². The summed E-state index contributed by atoms with van der Waals surface area (Å²) in [5, 5.41) is 21.7. The first-order valence-electron chi connectivity index (χ1n) is 10.5. The van der Waals surface area contributed by atoms with Crippen LogP contribution in [0.2, 0.25) is 10.0 Å². The number of aromatic hydroxyl groups is 1. The van der Waals surface area contributed by atoms with Crippen LogP contribution in [-0.2, 0) is 16.0 Å². The minimum atomic E-state index is -0.839. The number of hydrogen-bond donors (Lipinski definition) is 2. The maximum absolute atomic E-state index is 13.1. The number of rotatable bonds is 6. The van der Waals surface area contributed by atoms with Crippen LogP contribution in [-0.4, -0.2) is 40.5 Å². The van der Waals surface area contributed by atoms with Gasteiger partial charge in [-0.05, 0) is 60.0 Å². The quantitative estimate of drug-likeness (QED) is 0.271. The van der Waals surface area contributed by atoms with E-state index in [4.69, 9.17) is 27.9 Å². The Balaban J connectivity index is 1.77. The molecule has 174 valence electrons. The molecule has 1 saturated heterocycles. The van der Waals surface area contributed by atoms with Gasteiger partial charge >= 0.3 is 0 Å². The van der Waals surface area contributed by atoms with Crippen LogP contribution in [0.15, 0.2) is 72.3 Å². The highest BCUT2D eigenvalue weighted by molar-refractivity contribution is 6.46. The Morgan fingerprint density at radius 1 is 1.00 bits per heavy atom. The molecule has 1 amide bonds. The van der Waals surface area contributed by atoms with Gasteiger partial charge in [0.05, 0.1) is 23.7 Å². The van der Waals surface area contributed by atoms with Crippen molar-refractivity contribution in [3.63, 3.8) is 0 Å². The molecule has 0 saturated carbocycles. The standard InChI is InChI=1S/C26H21Cl2NO5/c1-34-21-11-6-17(14-20(21)28)24(31)22-23(16-4-9-19(30)10-5-16)29(26(33)25(22)32)13-12-15-2-7-18(27)8-3-15/h2-11,14,23,30-31H,12-13H2,1H3/b24-22-. The van der Waals surface area contributed by atoms with Crippen molar-refractivity contribution in [2.24, 2.45) is 0 Å². The molecule has 1 aliphatic heterocycles. The van der Waals surface area contributed by atoms with Crippen LogP contribution >= 0.6 is 23.2 Å². The average molecular weight is 498 g/mol. The lowest BCUT2D eigenvalue weighted by Crippen LogP contribution is -2.31. The van der Waals surface area contributed by atoms with Crippen molar-refractivity contribution in [3.05, 3.63) is 99.0 Å². The van der Waals surface area contributed by atoms with E-state index in [0.29, 0.717) is 22.8 Å². The lowest BCUT2D eigenvalue weighted by molar-refractivity contribution is -0.139. The van der Waals surface area contributed by atoms with Crippen LogP contribution in [0.4, 0.5) is 0 Å². The number of methoxy groups -OCH3 is 1. The van der Waals surface area contributed by atoms with Crippen molar-refractivity contribution in [1.29, 1.82) is 0 Å². The monoisotopic (exact) mass is 497 g/mol. The first-order valence-corrected chi connectivity index (χ1v) is 11.2. The second-order valence-electron chi connectivity index (χ2n) is 7.81. The number of carbonyl (C=O) groups is 2. The zero-order valence-electron chi connectivity index (χ0n) is 18.2. The molecule has 1 aliphatic rings. The number of phenols is 1. The van der Waals surface area contributed by atoms with Gasteiger partial charge < -0.3 is 19.8 Å². The summed E-state index contributed by atoms with van der Waals surface area (Å²) in [5.41, 5.74) is 1.75. The zero-order valence-corrected chi connectivity index (χ0v) is 19.7. The maximum Gasteiger partial charge on any atom is 0.295 e. The second kappa shape index (κ2) is 9.79. The molecule has 1 heterocycles. The largest absolute Gasteiger partial charge is 0.508 e. The van der Waals surface area contributed by atoms with Gasteiger partial charge in [0.2, 0.25) is 0 Å². The molecule has 34 heavy (non-hydrogen) atoms. The smallest absolute Gasteiger partial charge is 0.295 e. The third-order valence-corrected chi connectivity index (χ3v) is 6.28. The highest BCUT2D eigenvalue weighted by atomic mass is 35.5. The molecule has 1 atom stereocenters. The summed E-state index contributed by atoms with van der Waals surface area (Å²) in [6.07, 6.45) is 0.479. The fourth-order valence-electron chi connectivity index (χ4n) is 3.98. The van der Waals surface area contributed by atoms with Gasteiger partial charge in [-0.25, -0.2) is 0 Å². The normalized spacial score (nSPS) is 17.3. The first kappa shape index (κ1) is 23.7. The predicted octanol–water partition coefficient (Wildman–Crippen LogP) is 5.37. The molecule has 6 nitrogen and oxygen atoms in total. The molecular weight excluding hydrogens is 477 g/mol. The maximum atomic E-state index is 13.1. The van der Waals surface area contributed by atoms with E-state index in [2.05, 4.69) is 0 Å². The van der Waals surface area contributed by atoms with Crippen LogP contribution in [0.1, 0.15) is 22.7 Å². The third kappa shape index (κ3) is 4.60. The Morgan fingerprint density at radius 2 is 1.68 bits per heavy atom. The lowest BCUT2D eigenvalue weighted by atomic mass is 9.95. The van der Waals surface area contributed by atoms with Crippen LogP contribution in [0.25, 0.3) is 5.76 Å². The van der Waals surface area contributed by atoms with Crippen molar-refractivity contribution in [2.75, 3.05) is 13.7 Å². The minimum absolute atomic E-state index is 0.0452. The van der Waals surface area contributed by atoms with Crippen LogP contribution in [0, 0.1) is 0 Å². The third-order valence-electron chi connectivity index (χ3n) is 5.73. The Bertz CT molecular complexity index is 1270. The molecule has 2 N–H and O–H groups in total. The molecule has 0 aliphatic carbocycles. The van der Waals surface area contributed by atoms with E-state index in [9.17, 15) is 19.8 Å². The lowest BCUT2D eigenvalue weighted by Gasteiger charge is -2.25. The Labute approximate surface area is 206 Å². The van der Waals surface area contributed by atoms with Gasteiger partial charge in [0.25, 0.3) is 11.7 Å². The Hall–Kier alpha value is -3.48. The molecule has 0 spiro atoms. The van der Waals surface area contributed by atoms with E-state index in [1.807, 2.05) is 12.1 Å². The number of amides is 1. The summed E-state index contributed by atoms with van der Waals surface area (Å²) in [7, 11) is 1.47. The van der Waals surface area contributed by atoms with E-state index < -0.39 is 17.7 Å².